The van der Waals surface area contributed by atoms with Crippen LogP contribution in [0.2, 0.25) is 0 Å². The van der Waals surface area contributed by atoms with Crippen molar-refractivity contribution >= 4 is 22.8 Å². The lowest BCUT2D eigenvalue weighted by atomic mass is 10.2. The summed E-state index contributed by atoms with van der Waals surface area (Å²) in [5.74, 6) is -0.986. The van der Waals surface area contributed by atoms with Crippen LogP contribution in [0.4, 0.5) is 0 Å². The fraction of sp³-hybridized carbons (Fsp3) is 0.231. The van der Waals surface area contributed by atoms with Crippen molar-refractivity contribution in [2.24, 2.45) is 0 Å². The third kappa shape index (κ3) is 2.67. The van der Waals surface area contributed by atoms with Crippen LogP contribution in [0.15, 0.2) is 28.7 Å². The number of nitrogens with one attached hydrogen (secondary N) is 1. The third-order valence-electron chi connectivity index (χ3n) is 2.67. The molecule has 2 aromatic rings. The van der Waals surface area contributed by atoms with Gasteiger partial charge in [0.1, 0.15) is 17.4 Å². The Kier molecular flexibility index (Phi) is 3.41. The minimum atomic E-state index is -1.11. The first kappa shape index (κ1) is 12.9. The molecule has 6 nitrogen and oxygen atoms in total. The Morgan fingerprint density at radius 1 is 1.37 bits per heavy atom. The number of carboxylic acid groups (broad SMARTS) is 1. The Morgan fingerprint density at radius 2 is 2.11 bits per heavy atom. The van der Waals surface area contributed by atoms with E-state index in [9.17, 15) is 9.59 Å². The Morgan fingerprint density at radius 3 is 2.74 bits per heavy atom. The summed E-state index contributed by atoms with van der Waals surface area (Å²) in [7, 11) is 1.53. The highest BCUT2D eigenvalue weighted by atomic mass is 16.5. The van der Waals surface area contributed by atoms with E-state index in [-0.39, 0.29) is 5.76 Å². The molecule has 0 aliphatic carbocycles. The average molecular weight is 263 g/mol. The van der Waals surface area contributed by atoms with Crippen molar-refractivity contribution in [3.8, 4) is 5.75 Å². The van der Waals surface area contributed by atoms with Crippen LogP contribution in [-0.4, -0.2) is 30.1 Å². The van der Waals surface area contributed by atoms with Crippen LogP contribution in [0.5, 0.6) is 5.75 Å². The van der Waals surface area contributed by atoms with Crippen molar-refractivity contribution in [1.29, 1.82) is 0 Å². The van der Waals surface area contributed by atoms with E-state index < -0.39 is 17.9 Å². The SMILES string of the molecule is COc1ccc2cc(C(=O)NC(C)C(=O)O)oc2c1. The van der Waals surface area contributed by atoms with Gasteiger partial charge < -0.3 is 19.6 Å². The van der Waals surface area contributed by atoms with Crippen molar-refractivity contribution in [3.63, 3.8) is 0 Å². The number of hydrogen-bond acceptors (Lipinski definition) is 4. The van der Waals surface area contributed by atoms with Gasteiger partial charge in [-0.2, -0.15) is 0 Å². The number of aliphatic carboxylic acids is 1. The number of furan rings is 1. The van der Waals surface area contributed by atoms with Crippen LogP contribution in [-0.2, 0) is 4.79 Å². The summed E-state index contributed by atoms with van der Waals surface area (Å²) in [6, 6.07) is 5.75. The summed E-state index contributed by atoms with van der Waals surface area (Å²) in [5.41, 5.74) is 0.507. The van der Waals surface area contributed by atoms with Crippen LogP contribution in [0, 0.1) is 0 Å². The third-order valence-corrected chi connectivity index (χ3v) is 2.67. The molecule has 0 spiro atoms. The van der Waals surface area contributed by atoms with Crippen molar-refractivity contribution in [1.82, 2.24) is 5.32 Å². The molecular weight excluding hydrogens is 250 g/mol. The van der Waals surface area contributed by atoms with Gasteiger partial charge in [-0.05, 0) is 25.1 Å². The van der Waals surface area contributed by atoms with Gasteiger partial charge in [0, 0.05) is 11.5 Å². The van der Waals surface area contributed by atoms with E-state index in [0.717, 1.165) is 5.39 Å². The summed E-state index contributed by atoms with van der Waals surface area (Å²) in [5, 5.41) is 11.8. The van der Waals surface area contributed by atoms with E-state index in [1.54, 1.807) is 24.3 Å². The van der Waals surface area contributed by atoms with E-state index in [1.807, 2.05) is 0 Å². The van der Waals surface area contributed by atoms with Gasteiger partial charge >= 0.3 is 5.97 Å². The second kappa shape index (κ2) is 5.01. The molecule has 1 unspecified atom stereocenters. The van der Waals surface area contributed by atoms with Crippen LogP contribution >= 0.6 is 0 Å². The first-order chi connectivity index (χ1) is 9.01. The lowest BCUT2D eigenvalue weighted by Crippen LogP contribution is -2.38. The average Bonchev–Trinajstić information content (AvgIpc) is 2.81. The number of rotatable bonds is 4. The maximum Gasteiger partial charge on any atom is 0.325 e. The minimum absolute atomic E-state index is 0.0661. The van der Waals surface area contributed by atoms with Gasteiger partial charge in [0.25, 0.3) is 5.91 Å². The van der Waals surface area contributed by atoms with Gasteiger partial charge in [-0.3, -0.25) is 9.59 Å². The van der Waals surface area contributed by atoms with Crippen molar-refractivity contribution < 1.29 is 23.8 Å². The van der Waals surface area contributed by atoms with Gasteiger partial charge in [-0.15, -0.1) is 0 Å². The Labute approximate surface area is 109 Å². The van der Waals surface area contributed by atoms with Gasteiger partial charge in [0.15, 0.2) is 5.76 Å². The molecule has 1 amide bonds. The summed E-state index contributed by atoms with van der Waals surface area (Å²) in [6.45, 7) is 1.38. The fourth-order valence-corrected chi connectivity index (χ4v) is 1.58. The van der Waals surface area contributed by atoms with E-state index in [4.69, 9.17) is 14.3 Å². The van der Waals surface area contributed by atoms with E-state index in [1.165, 1.54) is 14.0 Å². The zero-order valence-electron chi connectivity index (χ0n) is 10.5. The molecule has 0 aliphatic heterocycles. The molecule has 19 heavy (non-hydrogen) atoms. The molecule has 100 valence electrons. The number of methoxy groups -OCH3 is 1. The van der Waals surface area contributed by atoms with Crippen LogP contribution in [0.3, 0.4) is 0 Å². The smallest absolute Gasteiger partial charge is 0.325 e. The van der Waals surface area contributed by atoms with Crippen molar-refractivity contribution in [2.75, 3.05) is 7.11 Å². The number of amides is 1. The highest BCUT2D eigenvalue weighted by Crippen LogP contribution is 2.24. The molecular formula is C13H13NO5. The van der Waals surface area contributed by atoms with E-state index >= 15 is 0 Å². The molecule has 0 radical (unpaired) electrons. The van der Waals surface area contributed by atoms with Crippen LogP contribution in [0.25, 0.3) is 11.0 Å². The van der Waals surface area contributed by atoms with Crippen LogP contribution < -0.4 is 10.1 Å². The Balaban J connectivity index is 2.25. The van der Waals surface area contributed by atoms with Crippen molar-refractivity contribution in [2.45, 2.75) is 13.0 Å². The maximum absolute atomic E-state index is 11.8. The summed E-state index contributed by atoms with van der Waals surface area (Å²) >= 11 is 0. The standard InChI is InChI=1S/C13H13NO5/c1-7(13(16)17)14-12(15)11-5-8-3-4-9(18-2)6-10(8)19-11/h3-7H,1-2H3,(H,14,15)(H,16,17). The largest absolute Gasteiger partial charge is 0.497 e. The molecule has 1 aromatic carbocycles. The molecule has 2 N–H and O–H groups in total. The lowest BCUT2D eigenvalue weighted by Gasteiger charge is -2.06. The zero-order chi connectivity index (χ0) is 14.0. The molecule has 2 rings (SSSR count). The second-order valence-corrected chi connectivity index (χ2v) is 4.05. The Hall–Kier alpha value is -2.50. The minimum Gasteiger partial charge on any atom is -0.497 e. The summed E-state index contributed by atoms with van der Waals surface area (Å²) < 4.78 is 10.4. The topological polar surface area (TPSA) is 88.8 Å². The highest BCUT2D eigenvalue weighted by molar-refractivity contribution is 5.98. The predicted molar refractivity (Wildman–Crippen MR) is 67.3 cm³/mol. The molecule has 0 fully saturated rings. The van der Waals surface area contributed by atoms with Gasteiger partial charge in [0.2, 0.25) is 0 Å². The number of ether oxygens (including phenoxy) is 1. The normalized spacial score (nSPS) is 12.1. The molecule has 6 heteroatoms. The number of carbonyl (C=O) groups excluding carboxylic acids is 1. The number of benzene rings is 1. The molecule has 1 aromatic heterocycles. The van der Waals surface area contributed by atoms with Crippen LogP contribution in [0.1, 0.15) is 17.5 Å². The predicted octanol–water partition coefficient (Wildman–Crippen LogP) is 1.64. The lowest BCUT2D eigenvalue weighted by molar-refractivity contribution is -0.138. The number of fused-ring (bicyclic) bond motifs is 1. The number of carboxylic acids is 1. The molecule has 1 heterocycles. The van der Waals surface area contributed by atoms with E-state index in [0.29, 0.717) is 11.3 Å². The van der Waals surface area contributed by atoms with Gasteiger partial charge in [-0.25, -0.2) is 0 Å². The monoisotopic (exact) mass is 263 g/mol. The molecule has 0 saturated carbocycles. The number of carbonyl (C=O) groups is 2. The first-order valence-corrected chi connectivity index (χ1v) is 5.62. The summed E-state index contributed by atoms with van der Waals surface area (Å²) in [6.07, 6.45) is 0. The van der Waals surface area contributed by atoms with E-state index in [2.05, 4.69) is 5.32 Å². The van der Waals surface area contributed by atoms with Crippen molar-refractivity contribution in [3.05, 3.63) is 30.0 Å². The fourth-order valence-electron chi connectivity index (χ4n) is 1.58. The Bertz CT molecular complexity index is 631. The molecule has 1 atom stereocenters. The van der Waals surface area contributed by atoms with Gasteiger partial charge in [-0.1, -0.05) is 0 Å². The molecule has 0 bridgehead atoms. The zero-order valence-corrected chi connectivity index (χ0v) is 10.5. The first-order valence-electron chi connectivity index (χ1n) is 5.62. The van der Waals surface area contributed by atoms with Gasteiger partial charge in [0.05, 0.1) is 7.11 Å². The second-order valence-electron chi connectivity index (χ2n) is 4.05. The molecule has 0 aliphatic rings. The summed E-state index contributed by atoms with van der Waals surface area (Å²) in [4.78, 5) is 22.4. The molecule has 0 saturated heterocycles. The number of hydrogen-bond donors (Lipinski definition) is 2. The maximum atomic E-state index is 11.8. The quantitative estimate of drug-likeness (QED) is 0.875. The highest BCUT2D eigenvalue weighted by Gasteiger charge is 2.18.